The summed E-state index contributed by atoms with van der Waals surface area (Å²) in [5.74, 6) is -0.290. The summed E-state index contributed by atoms with van der Waals surface area (Å²) in [6.45, 7) is 3.76. The quantitative estimate of drug-likeness (QED) is 0.648. The first-order valence-electron chi connectivity index (χ1n) is 6.10. The van der Waals surface area contributed by atoms with Crippen molar-refractivity contribution in [1.82, 2.24) is 9.88 Å². The Kier molecular flexibility index (Phi) is 6.61. The molecule has 0 saturated carbocycles. The van der Waals surface area contributed by atoms with Crippen molar-refractivity contribution in [3.8, 4) is 0 Å². The first-order valence-corrected chi connectivity index (χ1v) is 6.91. The van der Waals surface area contributed by atoms with Gasteiger partial charge in [-0.2, -0.15) is 0 Å². The Bertz CT molecular complexity index is 490. The van der Waals surface area contributed by atoms with Crippen LogP contribution in [0.1, 0.15) is 13.8 Å². The largest absolute Gasteiger partial charge is 0.327 e. The van der Waals surface area contributed by atoms with E-state index in [4.69, 9.17) is 28.6 Å². The second-order valence-corrected chi connectivity index (χ2v) is 5.08. The van der Waals surface area contributed by atoms with Crippen LogP contribution >= 0.6 is 23.2 Å². The predicted molar refractivity (Wildman–Crippen MR) is 82.5 cm³/mol. The molecule has 7 heteroatoms. The lowest BCUT2D eigenvalue weighted by molar-refractivity contribution is -0.130. The van der Waals surface area contributed by atoms with E-state index in [0.717, 1.165) is 0 Å². The minimum Gasteiger partial charge on any atom is -0.327 e. The first-order chi connectivity index (χ1) is 9.47. The third-order valence-corrected chi connectivity index (χ3v) is 2.98. The van der Waals surface area contributed by atoms with Gasteiger partial charge in [0.15, 0.2) is 0 Å². The molecule has 5 nitrogen and oxygen atoms in total. The van der Waals surface area contributed by atoms with E-state index in [9.17, 15) is 4.79 Å². The number of aliphatic imine (C=N–C) groups is 1. The summed E-state index contributed by atoms with van der Waals surface area (Å²) >= 11 is 11.6. The Morgan fingerprint density at radius 2 is 2.35 bits per heavy atom. The van der Waals surface area contributed by atoms with E-state index in [1.165, 1.54) is 11.1 Å². The van der Waals surface area contributed by atoms with Crippen LogP contribution in [0, 0.1) is 5.41 Å². The number of hydrogen-bond donors (Lipinski definition) is 1. The standard InChI is InChI=1S/C13H16Cl2N4O/c1-3-19(13(20)9(2)14)11(12(15)16)8-18-10-5-4-6-17-7-10/h4-9,11,16H,3H2,1-2H3. The van der Waals surface area contributed by atoms with Crippen molar-refractivity contribution in [3.05, 3.63) is 24.5 Å². The maximum Gasteiger partial charge on any atom is 0.241 e. The monoisotopic (exact) mass is 314 g/mol. The van der Waals surface area contributed by atoms with Gasteiger partial charge in [-0.25, -0.2) is 0 Å². The van der Waals surface area contributed by atoms with Crippen LogP contribution < -0.4 is 0 Å². The molecule has 0 saturated heterocycles. The SMILES string of the molecule is CCN(C(=O)C(C)Cl)C(C=Nc1cccnc1)C(=N)Cl. The third kappa shape index (κ3) is 4.58. The average molecular weight is 315 g/mol. The molecule has 1 aromatic rings. The fourth-order valence-electron chi connectivity index (χ4n) is 1.59. The molecular formula is C13H16Cl2N4O. The highest BCUT2D eigenvalue weighted by atomic mass is 35.5. The molecule has 1 aromatic heterocycles. The summed E-state index contributed by atoms with van der Waals surface area (Å²) in [7, 11) is 0. The van der Waals surface area contributed by atoms with E-state index in [1.54, 1.807) is 38.4 Å². The number of hydrogen-bond acceptors (Lipinski definition) is 4. The van der Waals surface area contributed by atoms with E-state index in [2.05, 4.69) is 9.98 Å². The maximum atomic E-state index is 12.0. The van der Waals surface area contributed by atoms with Crippen molar-refractivity contribution >= 4 is 46.2 Å². The van der Waals surface area contributed by atoms with Crippen molar-refractivity contribution in [3.63, 3.8) is 0 Å². The van der Waals surface area contributed by atoms with Gasteiger partial charge in [-0.1, -0.05) is 11.6 Å². The number of pyridine rings is 1. The molecule has 0 aliphatic heterocycles. The van der Waals surface area contributed by atoms with Crippen molar-refractivity contribution in [2.24, 2.45) is 4.99 Å². The van der Waals surface area contributed by atoms with Crippen LogP contribution in [0.15, 0.2) is 29.5 Å². The Morgan fingerprint density at radius 3 is 2.80 bits per heavy atom. The van der Waals surface area contributed by atoms with E-state index >= 15 is 0 Å². The van der Waals surface area contributed by atoms with Gasteiger partial charge in [0.1, 0.15) is 16.6 Å². The van der Waals surface area contributed by atoms with Gasteiger partial charge >= 0.3 is 0 Å². The van der Waals surface area contributed by atoms with Gasteiger partial charge in [-0.05, 0) is 26.0 Å². The lowest BCUT2D eigenvalue weighted by Crippen LogP contribution is -2.47. The Morgan fingerprint density at radius 1 is 1.65 bits per heavy atom. The van der Waals surface area contributed by atoms with Crippen LogP contribution in [0.2, 0.25) is 0 Å². The molecule has 20 heavy (non-hydrogen) atoms. The van der Waals surface area contributed by atoms with Crippen LogP contribution in [0.3, 0.4) is 0 Å². The smallest absolute Gasteiger partial charge is 0.241 e. The number of nitrogens with zero attached hydrogens (tertiary/aromatic N) is 3. The summed E-state index contributed by atoms with van der Waals surface area (Å²) in [5.41, 5.74) is 0.623. The number of halogens is 2. The number of nitrogens with one attached hydrogen (secondary N) is 1. The van der Waals surface area contributed by atoms with Crippen LogP contribution in [0.5, 0.6) is 0 Å². The summed E-state index contributed by atoms with van der Waals surface area (Å²) in [6.07, 6.45) is 4.66. The Labute approximate surface area is 128 Å². The molecule has 1 N–H and O–H groups in total. The number of carbonyl (C=O) groups is 1. The highest BCUT2D eigenvalue weighted by Crippen LogP contribution is 2.12. The van der Waals surface area contributed by atoms with Gasteiger partial charge in [-0.15, -0.1) is 11.6 Å². The van der Waals surface area contributed by atoms with Gasteiger partial charge in [0.2, 0.25) is 5.91 Å². The normalized spacial score (nSPS) is 14.0. The van der Waals surface area contributed by atoms with Gasteiger partial charge in [0, 0.05) is 19.0 Å². The zero-order valence-electron chi connectivity index (χ0n) is 11.3. The zero-order chi connectivity index (χ0) is 15.1. The molecule has 1 heterocycles. The molecule has 0 radical (unpaired) electrons. The molecule has 2 unspecified atom stereocenters. The molecular weight excluding hydrogens is 299 g/mol. The molecule has 0 aliphatic carbocycles. The van der Waals surface area contributed by atoms with E-state index < -0.39 is 11.4 Å². The predicted octanol–water partition coefficient (Wildman–Crippen LogP) is 2.84. The molecule has 0 fully saturated rings. The number of amides is 1. The summed E-state index contributed by atoms with van der Waals surface area (Å²) in [5, 5.41) is 6.74. The van der Waals surface area contributed by atoms with Gasteiger partial charge < -0.3 is 4.90 Å². The number of alkyl halides is 1. The molecule has 0 aromatic carbocycles. The highest BCUT2D eigenvalue weighted by molar-refractivity contribution is 6.67. The van der Waals surface area contributed by atoms with Gasteiger partial charge in [-0.3, -0.25) is 20.2 Å². The van der Waals surface area contributed by atoms with Gasteiger partial charge in [0.05, 0.1) is 11.9 Å². The van der Waals surface area contributed by atoms with Crippen LogP contribution in [-0.4, -0.2) is 45.1 Å². The van der Waals surface area contributed by atoms with E-state index in [1.807, 2.05) is 0 Å². The first kappa shape index (κ1) is 16.6. The Hall–Kier alpha value is -1.46. The van der Waals surface area contributed by atoms with Crippen molar-refractivity contribution in [1.29, 1.82) is 5.41 Å². The number of rotatable bonds is 6. The van der Waals surface area contributed by atoms with Crippen molar-refractivity contribution in [2.75, 3.05) is 6.54 Å². The number of aromatic nitrogens is 1. The van der Waals surface area contributed by atoms with Crippen molar-refractivity contribution in [2.45, 2.75) is 25.3 Å². The maximum absolute atomic E-state index is 12.0. The lowest BCUT2D eigenvalue weighted by atomic mass is 10.2. The minimum absolute atomic E-state index is 0.190. The van der Waals surface area contributed by atoms with Crippen LogP contribution in [0.4, 0.5) is 5.69 Å². The Balaban J connectivity index is 2.96. The fraction of sp³-hybridized carbons (Fsp3) is 0.385. The molecule has 108 valence electrons. The lowest BCUT2D eigenvalue weighted by Gasteiger charge is -2.27. The van der Waals surface area contributed by atoms with Crippen LogP contribution in [0.25, 0.3) is 0 Å². The van der Waals surface area contributed by atoms with Crippen molar-refractivity contribution < 1.29 is 4.79 Å². The highest BCUT2D eigenvalue weighted by Gasteiger charge is 2.26. The van der Waals surface area contributed by atoms with E-state index in [0.29, 0.717) is 12.2 Å². The zero-order valence-corrected chi connectivity index (χ0v) is 12.8. The summed E-state index contributed by atoms with van der Waals surface area (Å²) in [4.78, 5) is 21.5. The van der Waals surface area contributed by atoms with Gasteiger partial charge in [0.25, 0.3) is 0 Å². The molecule has 1 rings (SSSR count). The molecule has 1 amide bonds. The molecule has 0 aliphatic rings. The minimum atomic E-state index is -0.726. The topological polar surface area (TPSA) is 69.4 Å². The second kappa shape index (κ2) is 7.97. The molecule has 0 bridgehead atoms. The van der Waals surface area contributed by atoms with Crippen LogP contribution in [-0.2, 0) is 4.79 Å². The molecule has 0 spiro atoms. The third-order valence-electron chi connectivity index (χ3n) is 2.57. The number of carbonyl (C=O) groups excluding carboxylic acids is 1. The summed E-state index contributed by atoms with van der Waals surface area (Å²) in [6, 6.07) is 2.79. The second-order valence-electron chi connectivity index (χ2n) is 4.02. The van der Waals surface area contributed by atoms with E-state index in [-0.39, 0.29) is 11.1 Å². The summed E-state index contributed by atoms with van der Waals surface area (Å²) < 4.78 is 0. The average Bonchev–Trinajstić information content (AvgIpc) is 2.43. The fourth-order valence-corrected chi connectivity index (χ4v) is 1.89. The molecule has 2 atom stereocenters.